The summed E-state index contributed by atoms with van der Waals surface area (Å²) in [4.78, 5) is 11.6. The van der Waals surface area contributed by atoms with Gasteiger partial charge in [-0.15, -0.1) is 0 Å². The highest BCUT2D eigenvalue weighted by Crippen LogP contribution is 2.22. The third-order valence-corrected chi connectivity index (χ3v) is 2.56. The van der Waals surface area contributed by atoms with E-state index in [9.17, 15) is 26.7 Å². The fourth-order valence-electron chi connectivity index (χ4n) is 1.64. The first kappa shape index (κ1) is 15.0. The standard InChI is InChI=1S/C14H7F5O2/c1-6-2-8(15)12(9(16)3-6)14(20)21-7-4-10(17)13(19)11(18)5-7/h2-5H,1H3. The molecule has 2 nitrogen and oxygen atoms in total. The van der Waals surface area contributed by atoms with Gasteiger partial charge in [0.05, 0.1) is 0 Å². The number of rotatable bonds is 2. The number of hydrogen-bond acceptors (Lipinski definition) is 2. The van der Waals surface area contributed by atoms with Crippen LogP contribution < -0.4 is 4.74 Å². The van der Waals surface area contributed by atoms with Crippen LogP contribution in [0.4, 0.5) is 22.0 Å². The van der Waals surface area contributed by atoms with Gasteiger partial charge in [-0.2, -0.15) is 0 Å². The van der Waals surface area contributed by atoms with Crippen LogP contribution in [0.15, 0.2) is 24.3 Å². The molecule has 0 heterocycles. The van der Waals surface area contributed by atoms with Crippen LogP contribution in [0, 0.1) is 36.0 Å². The Balaban J connectivity index is 2.35. The molecule has 0 unspecified atom stereocenters. The summed E-state index contributed by atoms with van der Waals surface area (Å²) in [6.45, 7) is 1.41. The van der Waals surface area contributed by atoms with Gasteiger partial charge in [0.1, 0.15) is 22.9 Å². The largest absolute Gasteiger partial charge is 0.423 e. The zero-order valence-corrected chi connectivity index (χ0v) is 10.5. The molecule has 2 aromatic rings. The number of halogens is 5. The van der Waals surface area contributed by atoms with Gasteiger partial charge in [0.2, 0.25) is 0 Å². The lowest BCUT2D eigenvalue weighted by Gasteiger charge is -2.07. The maximum atomic E-state index is 13.5. The molecular weight excluding hydrogens is 295 g/mol. The third kappa shape index (κ3) is 3.01. The van der Waals surface area contributed by atoms with E-state index in [1.165, 1.54) is 6.92 Å². The molecule has 110 valence electrons. The van der Waals surface area contributed by atoms with E-state index >= 15 is 0 Å². The summed E-state index contributed by atoms with van der Waals surface area (Å²) >= 11 is 0. The van der Waals surface area contributed by atoms with Crippen LogP contribution >= 0.6 is 0 Å². The Morgan fingerprint density at radius 2 is 1.33 bits per heavy atom. The van der Waals surface area contributed by atoms with Crippen molar-refractivity contribution in [3.63, 3.8) is 0 Å². The van der Waals surface area contributed by atoms with Crippen LogP contribution in [0.5, 0.6) is 5.75 Å². The van der Waals surface area contributed by atoms with E-state index in [1.54, 1.807) is 0 Å². The smallest absolute Gasteiger partial charge is 0.349 e. The lowest BCUT2D eigenvalue weighted by atomic mass is 10.1. The van der Waals surface area contributed by atoms with Crippen molar-refractivity contribution in [1.29, 1.82) is 0 Å². The first-order valence-electron chi connectivity index (χ1n) is 5.62. The van der Waals surface area contributed by atoms with E-state index in [4.69, 9.17) is 0 Å². The minimum Gasteiger partial charge on any atom is -0.423 e. The molecule has 2 aromatic carbocycles. The lowest BCUT2D eigenvalue weighted by Crippen LogP contribution is -2.14. The molecule has 0 aliphatic carbocycles. The van der Waals surface area contributed by atoms with Gasteiger partial charge in [-0.1, -0.05) is 0 Å². The fraction of sp³-hybridized carbons (Fsp3) is 0.0714. The second-order valence-electron chi connectivity index (χ2n) is 4.19. The second-order valence-corrected chi connectivity index (χ2v) is 4.19. The van der Waals surface area contributed by atoms with Crippen molar-refractivity contribution in [2.24, 2.45) is 0 Å². The summed E-state index contributed by atoms with van der Waals surface area (Å²) in [6.07, 6.45) is 0. The Bertz CT molecular complexity index is 681. The molecule has 0 aliphatic heterocycles. The van der Waals surface area contributed by atoms with E-state index in [2.05, 4.69) is 4.74 Å². The molecule has 0 aliphatic rings. The molecule has 0 fully saturated rings. The van der Waals surface area contributed by atoms with Gasteiger partial charge in [0.15, 0.2) is 17.5 Å². The molecular formula is C14H7F5O2. The van der Waals surface area contributed by atoms with Crippen LogP contribution in [-0.2, 0) is 0 Å². The fourth-order valence-corrected chi connectivity index (χ4v) is 1.64. The molecule has 7 heteroatoms. The number of benzene rings is 2. The quantitative estimate of drug-likeness (QED) is 0.364. The van der Waals surface area contributed by atoms with E-state index in [-0.39, 0.29) is 5.56 Å². The molecule has 2 rings (SSSR count). The van der Waals surface area contributed by atoms with E-state index in [0.717, 1.165) is 12.1 Å². The number of ether oxygens (including phenoxy) is 1. The van der Waals surface area contributed by atoms with E-state index in [0.29, 0.717) is 12.1 Å². The van der Waals surface area contributed by atoms with Crippen molar-refractivity contribution in [3.8, 4) is 5.75 Å². The van der Waals surface area contributed by atoms with E-state index in [1.807, 2.05) is 0 Å². The minimum absolute atomic E-state index is 0.237. The molecule has 0 amide bonds. The number of esters is 1. The molecule has 21 heavy (non-hydrogen) atoms. The SMILES string of the molecule is Cc1cc(F)c(C(=O)Oc2cc(F)c(F)c(F)c2)c(F)c1. The Kier molecular flexibility index (Phi) is 3.93. The van der Waals surface area contributed by atoms with Crippen LogP contribution in [0.1, 0.15) is 15.9 Å². The topological polar surface area (TPSA) is 26.3 Å². The highest BCUT2D eigenvalue weighted by atomic mass is 19.2. The molecule has 0 saturated carbocycles. The summed E-state index contributed by atoms with van der Waals surface area (Å²) in [6, 6.07) is 2.57. The van der Waals surface area contributed by atoms with Crippen molar-refractivity contribution < 1.29 is 31.5 Å². The molecule has 0 atom stereocenters. The van der Waals surface area contributed by atoms with Crippen LogP contribution in [0.25, 0.3) is 0 Å². The molecule has 0 spiro atoms. The molecule has 0 N–H and O–H groups in total. The molecule has 0 aromatic heterocycles. The summed E-state index contributed by atoms with van der Waals surface area (Å²) in [5.41, 5.74) is -0.772. The highest BCUT2D eigenvalue weighted by molar-refractivity contribution is 5.91. The van der Waals surface area contributed by atoms with E-state index < -0.39 is 46.4 Å². The zero-order valence-electron chi connectivity index (χ0n) is 10.5. The monoisotopic (exact) mass is 302 g/mol. The second kappa shape index (κ2) is 5.51. The Morgan fingerprint density at radius 3 is 1.81 bits per heavy atom. The maximum Gasteiger partial charge on any atom is 0.349 e. The predicted octanol–water partition coefficient (Wildman–Crippen LogP) is 3.91. The molecule has 0 bridgehead atoms. The third-order valence-electron chi connectivity index (χ3n) is 2.56. The van der Waals surface area contributed by atoms with Crippen molar-refractivity contribution in [2.75, 3.05) is 0 Å². The number of carbonyl (C=O) groups excluding carboxylic acids is 1. The van der Waals surface area contributed by atoms with Gasteiger partial charge in [0.25, 0.3) is 0 Å². The molecule has 0 saturated heterocycles. The average Bonchev–Trinajstić information content (AvgIpc) is 2.34. The number of hydrogen-bond donors (Lipinski definition) is 0. The lowest BCUT2D eigenvalue weighted by molar-refractivity contribution is 0.0723. The minimum atomic E-state index is -1.75. The van der Waals surface area contributed by atoms with Crippen LogP contribution in [0.2, 0.25) is 0 Å². The summed E-state index contributed by atoms with van der Waals surface area (Å²) in [5.74, 6) is -9.50. The van der Waals surface area contributed by atoms with Crippen molar-refractivity contribution in [1.82, 2.24) is 0 Å². The molecule has 0 radical (unpaired) electrons. The van der Waals surface area contributed by atoms with Gasteiger partial charge < -0.3 is 4.74 Å². The zero-order chi connectivity index (χ0) is 15.7. The predicted molar refractivity (Wildman–Crippen MR) is 62.4 cm³/mol. The van der Waals surface area contributed by atoms with Gasteiger partial charge in [-0.25, -0.2) is 26.7 Å². The number of aryl methyl sites for hydroxylation is 1. The first-order chi connectivity index (χ1) is 9.79. The summed E-state index contributed by atoms with van der Waals surface area (Å²) in [7, 11) is 0. The van der Waals surface area contributed by atoms with Crippen molar-refractivity contribution in [3.05, 3.63) is 64.5 Å². The normalized spacial score (nSPS) is 10.6. The highest BCUT2D eigenvalue weighted by Gasteiger charge is 2.21. The van der Waals surface area contributed by atoms with Gasteiger partial charge in [-0.05, 0) is 24.6 Å². The van der Waals surface area contributed by atoms with Gasteiger partial charge >= 0.3 is 5.97 Å². The summed E-state index contributed by atoms with van der Waals surface area (Å²) < 4.78 is 70.2. The Labute approximate surface area is 115 Å². The van der Waals surface area contributed by atoms with Crippen molar-refractivity contribution in [2.45, 2.75) is 6.92 Å². The average molecular weight is 302 g/mol. The first-order valence-corrected chi connectivity index (χ1v) is 5.62. The van der Waals surface area contributed by atoms with Crippen LogP contribution in [0.3, 0.4) is 0 Å². The Morgan fingerprint density at radius 1 is 0.857 bits per heavy atom. The van der Waals surface area contributed by atoms with Gasteiger partial charge in [-0.3, -0.25) is 0 Å². The summed E-state index contributed by atoms with van der Waals surface area (Å²) in [5, 5.41) is 0. The Hall–Kier alpha value is -2.44. The maximum absolute atomic E-state index is 13.5. The van der Waals surface area contributed by atoms with Crippen LogP contribution in [-0.4, -0.2) is 5.97 Å². The number of carbonyl (C=O) groups is 1. The van der Waals surface area contributed by atoms with Crippen molar-refractivity contribution >= 4 is 5.97 Å². The van der Waals surface area contributed by atoms with Gasteiger partial charge in [0, 0.05) is 12.1 Å².